The van der Waals surface area contributed by atoms with Gasteiger partial charge in [-0.05, 0) is 18.2 Å². The van der Waals surface area contributed by atoms with Crippen LogP contribution in [0.1, 0.15) is 11.1 Å². The lowest BCUT2D eigenvalue weighted by molar-refractivity contribution is 0.0790. The molecule has 94 valence electrons. The van der Waals surface area contributed by atoms with Crippen LogP contribution in [-0.2, 0) is 9.47 Å². The Labute approximate surface area is 111 Å². The van der Waals surface area contributed by atoms with Crippen LogP contribution in [0.2, 0.25) is 0 Å². The zero-order valence-electron chi connectivity index (χ0n) is 10.2. The van der Waals surface area contributed by atoms with E-state index in [9.17, 15) is 0 Å². The molecule has 0 radical (unpaired) electrons. The van der Waals surface area contributed by atoms with Crippen LogP contribution in [0.4, 0.5) is 0 Å². The second-order valence-electron chi connectivity index (χ2n) is 3.39. The van der Waals surface area contributed by atoms with Crippen molar-refractivity contribution >= 4 is 11.8 Å². The molecule has 1 aromatic rings. The van der Waals surface area contributed by atoms with Crippen molar-refractivity contribution in [1.82, 2.24) is 0 Å². The normalized spacial score (nSPS) is 9.72. The largest absolute Gasteiger partial charge is 0.382 e. The van der Waals surface area contributed by atoms with Gasteiger partial charge in [0.1, 0.15) is 6.07 Å². The molecule has 0 aliphatic heterocycles. The Morgan fingerprint density at radius 1 is 1.17 bits per heavy atom. The molecular weight excluding hydrogens is 248 g/mol. The molecule has 5 heteroatoms. The van der Waals surface area contributed by atoms with Crippen molar-refractivity contribution in [1.29, 1.82) is 10.5 Å². The van der Waals surface area contributed by atoms with E-state index in [-0.39, 0.29) is 0 Å². The molecule has 0 aliphatic rings. The minimum atomic E-state index is 0.507. The number of hydrogen-bond donors (Lipinski definition) is 0. The molecule has 0 N–H and O–H groups in total. The standard InChI is InChI=1S/C13H14N2O2S/c1-16-4-5-17-6-7-18-13-3-2-11(9-14)8-12(13)10-15/h2-3,8H,4-7H2,1H3. The fourth-order valence-electron chi connectivity index (χ4n) is 1.27. The smallest absolute Gasteiger partial charge is 0.100 e. The number of nitrogens with zero attached hydrogens (tertiary/aromatic N) is 2. The van der Waals surface area contributed by atoms with E-state index in [4.69, 9.17) is 20.0 Å². The summed E-state index contributed by atoms with van der Waals surface area (Å²) in [7, 11) is 1.63. The summed E-state index contributed by atoms with van der Waals surface area (Å²) in [4.78, 5) is 0.881. The maximum atomic E-state index is 8.99. The highest BCUT2D eigenvalue weighted by Crippen LogP contribution is 2.23. The van der Waals surface area contributed by atoms with Crippen molar-refractivity contribution < 1.29 is 9.47 Å². The molecule has 0 unspecified atom stereocenters. The van der Waals surface area contributed by atoms with Gasteiger partial charge in [0.05, 0.1) is 37.0 Å². The van der Waals surface area contributed by atoms with E-state index in [0.717, 1.165) is 10.6 Å². The number of rotatable bonds is 7. The van der Waals surface area contributed by atoms with Gasteiger partial charge in [0.15, 0.2) is 0 Å². The van der Waals surface area contributed by atoms with Gasteiger partial charge >= 0.3 is 0 Å². The molecule has 0 spiro atoms. The first-order chi connectivity index (χ1) is 8.81. The monoisotopic (exact) mass is 262 g/mol. The topological polar surface area (TPSA) is 66.0 Å². The van der Waals surface area contributed by atoms with Crippen LogP contribution in [0.3, 0.4) is 0 Å². The van der Waals surface area contributed by atoms with Crippen molar-refractivity contribution in [2.24, 2.45) is 0 Å². The van der Waals surface area contributed by atoms with Gasteiger partial charge in [-0.2, -0.15) is 10.5 Å². The van der Waals surface area contributed by atoms with Crippen LogP contribution in [0, 0.1) is 22.7 Å². The van der Waals surface area contributed by atoms with Crippen LogP contribution >= 0.6 is 11.8 Å². The van der Waals surface area contributed by atoms with Crippen molar-refractivity contribution in [3.05, 3.63) is 29.3 Å². The fourth-order valence-corrected chi connectivity index (χ4v) is 2.11. The predicted molar refractivity (Wildman–Crippen MR) is 69.3 cm³/mol. The number of benzene rings is 1. The number of nitriles is 2. The summed E-state index contributed by atoms with van der Waals surface area (Å²) < 4.78 is 10.2. The van der Waals surface area contributed by atoms with Gasteiger partial charge in [0.25, 0.3) is 0 Å². The van der Waals surface area contributed by atoms with Gasteiger partial charge in [0, 0.05) is 17.8 Å². The second kappa shape index (κ2) is 8.54. The molecule has 0 saturated heterocycles. The molecule has 18 heavy (non-hydrogen) atoms. The Hall–Kier alpha value is -1.53. The van der Waals surface area contributed by atoms with Gasteiger partial charge < -0.3 is 9.47 Å². The molecule has 0 atom stereocenters. The number of ether oxygens (including phenoxy) is 2. The lowest BCUT2D eigenvalue weighted by Crippen LogP contribution is -2.04. The molecule has 4 nitrogen and oxygen atoms in total. The fraction of sp³-hybridized carbons (Fsp3) is 0.385. The molecule has 0 amide bonds. The Balaban J connectivity index is 2.43. The summed E-state index contributed by atoms with van der Waals surface area (Å²) in [6, 6.07) is 9.24. The number of hydrogen-bond acceptors (Lipinski definition) is 5. The minimum absolute atomic E-state index is 0.507. The first kappa shape index (κ1) is 14.5. The summed E-state index contributed by atoms with van der Waals surface area (Å²) in [6.45, 7) is 1.78. The van der Waals surface area contributed by atoms with E-state index in [1.165, 1.54) is 0 Å². The maximum Gasteiger partial charge on any atom is 0.100 e. The predicted octanol–water partition coefficient (Wildman–Crippen LogP) is 2.19. The summed E-state index contributed by atoms with van der Waals surface area (Å²) in [5.74, 6) is 0.768. The Morgan fingerprint density at radius 2 is 2.00 bits per heavy atom. The minimum Gasteiger partial charge on any atom is -0.382 e. The molecule has 0 saturated carbocycles. The molecule has 0 aromatic heterocycles. The van der Waals surface area contributed by atoms with Gasteiger partial charge in [-0.15, -0.1) is 11.8 Å². The molecular formula is C13H14N2O2S. The van der Waals surface area contributed by atoms with E-state index in [1.54, 1.807) is 37.1 Å². The van der Waals surface area contributed by atoms with E-state index in [1.807, 2.05) is 6.07 Å². The Kier molecular flexibility index (Phi) is 6.90. The van der Waals surface area contributed by atoms with Crippen LogP contribution < -0.4 is 0 Å². The van der Waals surface area contributed by atoms with Gasteiger partial charge in [0.2, 0.25) is 0 Å². The lowest BCUT2D eigenvalue weighted by atomic mass is 10.1. The third-order valence-electron chi connectivity index (χ3n) is 2.15. The van der Waals surface area contributed by atoms with Crippen molar-refractivity contribution in [2.75, 3.05) is 32.7 Å². The molecule has 0 bridgehead atoms. The van der Waals surface area contributed by atoms with Crippen molar-refractivity contribution in [3.63, 3.8) is 0 Å². The molecule has 0 fully saturated rings. The highest BCUT2D eigenvalue weighted by molar-refractivity contribution is 7.99. The maximum absolute atomic E-state index is 8.99. The highest BCUT2D eigenvalue weighted by atomic mass is 32.2. The average molecular weight is 262 g/mol. The highest BCUT2D eigenvalue weighted by Gasteiger charge is 2.04. The van der Waals surface area contributed by atoms with Gasteiger partial charge in [-0.25, -0.2) is 0 Å². The van der Waals surface area contributed by atoms with E-state index >= 15 is 0 Å². The summed E-state index contributed by atoms with van der Waals surface area (Å²) in [5.41, 5.74) is 1.04. The van der Waals surface area contributed by atoms with Crippen LogP contribution in [0.25, 0.3) is 0 Å². The van der Waals surface area contributed by atoms with Gasteiger partial charge in [-0.1, -0.05) is 0 Å². The van der Waals surface area contributed by atoms with E-state index in [2.05, 4.69) is 6.07 Å². The Bertz CT molecular complexity index is 463. The quantitative estimate of drug-likeness (QED) is 0.556. The molecule has 0 heterocycles. The van der Waals surface area contributed by atoms with E-state index < -0.39 is 0 Å². The third-order valence-corrected chi connectivity index (χ3v) is 3.18. The average Bonchev–Trinajstić information content (AvgIpc) is 2.42. The molecule has 1 aromatic carbocycles. The van der Waals surface area contributed by atoms with Crippen LogP contribution in [0.5, 0.6) is 0 Å². The van der Waals surface area contributed by atoms with Crippen molar-refractivity contribution in [2.45, 2.75) is 4.90 Å². The number of methoxy groups -OCH3 is 1. The first-order valence-corrected chi connectivity index (χ1v) is 6.44. The summed E-state index contributed by atoms with van der Waals surface area (Å²) >= 11 is 1.55. The third kappa shape index (κ3) is 4.77. The van der Waals surface area contributed by atoms with E-state index in [0.29, 0.717) is 30.9 Å². The summed E-state index contributed by atoms with van der Waals surface area (Å²) in [5, 5.41) is 17.7. The first-order valence-electron chi connectivity index (χ1n) is 5.45. The summed E-state index contributed by atoms with van der Waals surface area (Å²) in [6.07, 6.45) is 0. The van der Waals surface area contributed by atoms with Crippen LogP contribution in [0.15, 0.2) is 23.1 Å². The molecule has 0 aliphatic carbocycles. The van der Waals surface area contributed by atoms with Crippen LogP contribution in [-0.4, -0.2) is 32.7 Å². The lowest BCUT2D eigenvalue weighted by Gasteiger charge is -2.05. The SMILES string of the molecule is COCCOCCSc1ccc(C#N)cc1C#N. The second-order valence-corrected chi connectivity index (χ2v) is 4.52. The molecule has 1 rings (SSSR count). The van der Waals surface area contributed by atoms with Gasteiger partial charge in [-0.3, -0.25) is 0 Å². The Morgan fingerprint density at radius 3 is 2.67 bits per heavy atom. The zero-order valence-corrected chi connectivity index (χ0v) is 11.0. The van der Waals surface area contributed by atoms with Crippen molar-refractivity contribution in [3.8, 4) is 12.1 Å². The zero-order chi connectivity index (χ0) is 13.2. The number of thioether (sulfide) groups is 1.